The van der Waals surface area contributed by atoms with Crippen LogP contribution < -0.4 is 4.74 Å². The summed E-state index contributed by atoms with van der Waals surface area (Å²) in [5.41, 5.74) is 2.61. The Labute approximate surface area is 189 Å². The Kier molecular flexibility index (Phi) is 7.85. The fourth-order valence-electron chi connectivity index (χ4n) is 5.49. The average molecular weight is 427 g/mol. The summed E-state index contributed by atoms with van der Waals surface area (Å²) < 4.78 is 5.28. The van der Waals surface area contributed by atoms with Gasteiger partial charge in [0.1, 0.15) is 5.75 Å². The zero-order valence-electron chi connectivity index (χ0n) is 20.5. The van der Waals surface area contributed by atoms with Crippen molar-refractivity contribution in [3.63, 3.8) is 0 Å². The van der Waals surface area contributed by atoms with Crippen LogP contribution in [0.4, 0.5) is 0 Å². The number of amides is 1. The van der Waals surface area contributed by atoms with Gasteiger partial charge in [0.2, 0.25) is 0 Å². The summed E-state index contributed by atoms with van der Waals surface area (Å²) in [4.78, 5) is 18.2. The topological polar surface area (TPSA) is 32.8 Å². The van der Waals surface area contributed by atoms with Gasteiger partial charge in [0.15, 0.2) is 0 Å². The maximum atomic E-state index is 13.6. The van der Waals surface area contributed by atoms with E-state index < -0.39 is 0 Å². The number of nitrogens with zero attached hydrogens (tertiary/aromatic N) is 2. The lowest BCUT2D eigenvalue weighted by atomic mass is 9.49. The molecule has 0 saturated heterocycles. The Bertz CT molecular complexity index is 764. The zero-order chi connectivity index (χ0) is 22.6. The molecule has 172 valence electrons. The second kappa shape index (κ2) is 10.2. The van der Waals surface area contributed by atoms with Crippen LogP contribution in [0.15, 0.2) is 35.9 Å². The van der Waals surface area contributed by atoms with Crippen LogP contribution in [0.25, 0.3) is 0 Å². The summed E-state index contributed by atoms with van der Waals surface area (Å²) in [5.74, 6) is 2.37. The number of methoxy groups -OCH3 is 1. The van der Waals surface area contributed by atoms with Gasteiger partial charge in [0.05, 0.1) is 7.11 Å². The van der Waals surface area contributed by atoms with Gasteiger partial charge in [-0.2, -0.15) is 0 Å². The van der Waals surface area contributed by atoms with Crippen molar-refractivity contribution in [3.8, 4) is 5.75 Å². The van der Waals surface area contributed by atoms with Gasteiger partial charge in [-0.05, 0) is 93.8 Å². The van der Waals surface area contributed by atoms with Gasteiger partial charge in [-0.25, -0.2) is 0 Å². The van der Waals surface area contributed by atoms with Gasteiger partial charge in [0.25, 0.3) is 5.91 Å². The number of ether oxygens (including phenoxy) is 1. The molecule has 4 heteroatoms. The first-order chi connectivity index (χ1) is 14.8. The molecule has 3 aliphatic rings. The Morgan fingerprint density at radius 1 is 1.19 bits per heavy atom. The van der Waals surface area contributed by atoms with Crippen molar-refractivity contribution in [2.45, 2.75) is 66.3 Å². The molecule has 0 aromatic heterocycles. The second-order valence-electron chi connectivity index (χ2n) is 10.0. The number of hydrogen-bond acceptors (Lipinski definition) is 3. The van der Waals surface area contributed by atoms with Crippen molar-refractivity contribution >= 4 is 5.91 Å². The van der Waals surface area contributed by atoms with Crippen LogP contribution in [-0.2, 0) is 0 Å². The summed E-state index contributed by atoms with van der Waals surface area (Å²) in [6.07, 6.45) is 7.04. The van der Waals surface area contributed by atoms with E-state index in [9.17, 15) is 4.79 Å². The zero-order valence-corrected chi connectivity index (χ0v) is 20.5. The highest BCUT2D eigenvalue weighted by Gasteiger charge is 2.51. The van der Waals surface area contributed by atoms with Crippen LogP contribution in [0.2, 0.25) is 0 Å². The fourth-order valence-corrected chi connectivity index (χ4v) is 5.49. The number of allylic oxidation sites excluding steroid dienone is 1. The van der Waals surface area contributed by atoms with Gasteiger partial charge >= 0.3 is 0 Å². The van der Waals surface area contributed by atoms with E-state index in [1.54, 1.807) is 7.11 Å². The number of carbonyl (C=O) groups is 1. The molecule has 3 unspecified atom stereocenters. The third kappa shape index (κ3) is 5.16. The van der Waals surface area contributed by atoms with Crippen LogP contribution >= 0.6 is 0 Å². The van der Waals surface area contributed by atoms with Crippen molar-refractivity contribution in [3.05, 3.63) is 41.5 Å². The van der Waals surface area contributed by atoms with Gasteiger partial charge in [-0.15, -0.1) is 0 Å². The monoisotopic (exact) mass is 426 g/mol. The van der Waals surface area contributed by atoms with E-state index in [2.05, 4.69) is 50.5 Å². The number of benzene rings is 1. The Morgan fingerprint density at radius 3 is 2.42 bits per heavy atom. The van der Waals surface area contributed by atoms with Gasteiger partial charge < -0.3 is 14.5 Å². The molecule has 1 saturated carbocycles. The molecule has 2 bridgehead atoms. The first kappa shape index (κ1) is 23.8. The van der Waals surface area contributed by atoms with Crippen molar-refractivity contribution < 1.29 is 9.53 Å². The average Bonchev–Trinajstić information content (AvgIpc) is 2.79. The van der Waals surface area contributed by atoms with Crippen LogP contribution in [0.5, 0.6) is 5.75 Å². The van der Waals surface area contributed by atoms with Crippen LogP contribution in [0.1, 0.15) is 70.7 Å². The van der Waals surface area contributed by atoms with E-state index in [1.807, 2.05) is 24.3 Å². The van der Waals surface area contributed by atoms with Crippen molar-refractivity contribution in [2.24, 2.45) is 17.3 Å². The minimum Gasteiger partial charge on any atom is -0.497 e. The molecule has 4 nitrogen and oxygen atoms in total. The van der Waals surface area contributed by atoms with Gasteiger partial charge in [-0.3, -0.25) is 4.79 Å². The first-order valence-electron chi connectivity index (χ1n) is 12.2. The molecular weight excluding hydrogens is 384 g/mol. The highest BCUT2D eigenvalue weighted by molar-refractivity contribution is 5.94. The SMILES string of the molecule is CCN(CC)CCCC(C)N(CC1=CCC2CC1C2(C)C)C(=O)c1ccc(OC)cc1. The Balaban J connectivity index is 1.74. The van der Waals surface area contributed by atoms with E-state index in [-0.39, 0.29) is 11.9 Å². The third-order valence-electron chi connectivity index (χ3n) is 8.06. The maximum absolute atomic E-state index is 13.6. The molecule has 0 N–H and O–H groups in total. The number of hydrogen-bond donors (Lipinski definition) is 0. The molecule has 3 aliphatic carbocycles. The molecule has 0 radical (unpaired) electrons. The smallest absolute Gasteiger partial charge is 0.254 e. The highest BCUT2D eigenvalue weighted by Crippen LogP contribution is 2.59. The van der Waals surface area contributed by atoms with Crippen LogP contribution in [0, 0.1) is 17.3 Å². The lowest BCUT2D eigenvalue weighted by Gasteiger charge is -2.57. The molecule has 3 atom stereocenters. The lowest BCUT2D eigenvalue weighted by Crippen LogP contribution is -2.51. The normalized spacial score (nSPS) is 22.5. The van der Waals surface area contributed by atoms with Crippen molar-refractivity contribution in [1.29, 1.82) is 0 Å². The summed E-state index contributed by atoms with van der Waals surface area (Å²) in [6.45, 7) is 15.5. The minimum absolute atomic E-state index is 0.137. The molecular formula is C27H42N2O2. The molecule has 1 aromatic rings. The molecule has 1 fully saturated rings. The summed E-state index contributed by atoms with van der Waals surface area (Å²) in [7, 11) is 1.66. The predicted molar refractivity (Wildman–Crippen MR) is 129 cm³/mol. The van der Waals surface area contributed by atoms with Gasteiger partial charge in [-0.1, -0.05) is 39.3 Å². The summed E-state index contributed by atoms with van der Waals surface area (Å²) >= 11 is 0. The molecule has 1 amide bonds. The molecule has 1 aromatic carbocycles. The van der Waals surface area contributed by atoms with E-state index in [1.165, 1.54) is 18.4 Å². The van der Waals surface area contributed by atoms with Crippen LogP contribution in [-0.4, -0.2) is 55.0 Å². The molecule has 31 heavy (non-hydrogen) atoms. The maximum Gasteiger partial charge on any atom is 0.254 e. The standard InChI is InChI=1S/C27H42N2O2/c1-7-28(8-2)17-9-10-20(3)29(26(30)21-12-15-24(31-6)16-13-21)19-22-11-14-23-18-25(22)27(23,4)5/h11-13,15-16,20,23,25H,7-10,14,17-19H2,1-6H3. The number of fused-ring (bicyclic) bond motifs is 1. The third-order valence-corrected chi connectivity index (χ3v) is 8.06. The molecule has 4 rings (SSSR count). The summed E-state index contributed by atoms with van der Waals surface area (Å²) in [6, 6.07) is 7.78. The largest absolute Gasteiger partial charge is 0.497 e. The van der Waals surface area contributed by atoms with Crippen molar-refractivity contribution in [1.82, 2.24) is 9.80 Å². The van der Waals surface area contributed by atoms with E-state index >= 15 is 0 Å². The van der Waals surface area contributed by atoms with E-state index in [0.29, 0.717) is 11.3 Å². The van der Waals surface area contributed by atoms with E-state index in [4.69, 9.17) is 4.74 Å². The number of carbonyl (C=O) groups excluding carboxylic acids is 1. The van der Waals surface area contributed by atoms with E-state index in [0.717, 1.165) is 56.3 Å². The molecule has 0 heterocycles. The Hall–Kier alpha value is -1.81. The summed E-state index contributed by atoms with van der Waals surface area (Å²) in [5, 5.41) is 0. The number of rotatable bonds is 11. The minimum atomic E-state index is 0.137. The van der Waals surface area contributed by atoms with Crippen LogP contribution in [0.3, 0.4) is 0 Å². The first-order valence-corrected chi connectivity index (χ1v) is 12.2. The fraction of sp³-hybridized carbons (Fsp3) is 0.667. The molecule has 0 aliphatic heterocycles. The van der Waals surface area contributed by atoms with Gasteiger partial charge in [0, 0.05) is 18.2 Å². The molecule has 0 spiro atoms. The second-order valence-corrected chi connectivity index (χ2v) is 10.0. The van der Waals surface area contributed by atoms with Crippen molar-refractivity contribution in [2.75, 3.05) is 33.3 Å². The highest BCUT2D eigenvalue weighted by atomic mass is 16.5. The predicted octanol–water partition coefficient (Wildman–Crippen LogP) is 5.64. The lowest BCUT2D eigenvalue weighted by molar-refractivity contribution is -0.0113. The quantitative estimate of drug-likeness (QED) is 0.429. The Morgan fingerprint density at radius 2 is 1.87 bits per heavy atom.